The summed E-state index contributed by atoms with van der Waals surface area (Å²) in [5.41, 5.74) is 0.685. The zero-order valence-electron chi connectivity index (χ0n) is 11.5. The molecular weight excluding hydrogens is 296 g/mol. The topological polar surface area (TPSA) is 110 Å². The summed E-state index contributed by atoms with van der Waals surface area (Å²) in [5.74, 6) is -1.08. The molecule has 21 heavy (non-hydrogen) atoms. The lowest BCUT2D eigenvalue weighted by molar-refractivity contribution is 0.0697. The Balaban J connectivity index is 2.29. The Bertz CT molecular complexity index is 780. The van der Waals surface area contributed by atoms with Crippen molar-refractivity contribution in [2.24, 2.45) is 0 Å². The molecule has 0 spiro atoms. The second-order valence-electron chi connectivity index (χ2n) is 4.59. The van der Waals surface area contributed by atoms with E-state index in [1.807, 2.05) is 0 Å². The van der Waals surface area contributed by atoms with Crippen LogP contribution in [0.4, 0.5) is 5.69 Å². The summed E-state index contributed by atoms with van der Waals surface area (Å²) in [5, 5.41) is 12.8. The van der Waals surface area contributed by atoms with Crippen molar-refractivity contribution >= 4 is 21.7 Å². The number of anilines is 1. The van der Waals surface area contributed by atoms with Gasteiger partial charge in [0.2, 0.25) is 10.0 Å². The molecule has 0 atom stereocenters. The van der Waals surface area contributed by atoms with Crippen LogP contribution in [0.25, 0.3) is 0 Å². The number of hydrogen-bond donors (Lipinski definition) is 2. The Morgan fingerprint density at radius 3 is 2.67 bits per heavy atom. The monoisotopic (exact) mass is 310 g/mol. The van der Waals surface area contributed by atoms with Crippen LogP contribution < -0.4 is 4.72 Å². The molecule has 2 rings (SSSR count). The van der Waals surface area contributed by atoms with Crippen molar-refractivity contribution in [3.05, 3.63) is 46.8 Å². The molecule has 1 heterocycles. The van der Waals surface area contributed by atoms with Gasteiger partial charge in [0.15, 0.2) is 0 Å². The molecule has 0 aliphatic heterocycles. The molecule has 1 aromatic carbocycles. The molecular formula is C13H14N2O5S. The third-order valence-corrected chi connectivity index (χ3v) is 3.97. The predicted molar refractivity (Wildman–Crippen MR) is 75.6 cm³/mol. The fourth-order valence-electron chi connectivity index (χ4n) is 1.92. The molecule has 8 heteroatoms. The quantitative estimate of drug-likeness (QED) is 0.873. The van der Waals surface area contributed by atoms with E-state index in [9.17, 15) is 18.3 Å². The van der Waals surface area contributed by atoms with Crippen LogP contribution in [0.5, 0.6) is 0 Å². The molecule has 2 aromatic rings. The fraction of sp³-hybridized carbons (Fsp3) is 0.231. The van der Waals surface area contributed by atoms with E-state index in [1.54, 1.807) is 26.0 Å². The third kappa shape index (κ3) is 3.60. The molecule has 0 saturated heterocycles. The van der Waals surface area contributed by atoms with Crippen molar-refractivity contribution in [2.75, 3.05) is 4.72 Å². The Morgan fingerprint density at radius 1 is 1.38 bits per heavy atom. The van der Waals surface area contributed by atoms with Gasteiger partial charge in [0.05, 0.1) is 11.3 Å². The van der Waals surface area contributed by atoms with Gasteiger partial charge in [-0.25, -0.2) is 13.2 Å². The summed E-state index contributed by atoms with van der Waals surface area (Å²) in [4.78, 5) is 11.2. The van der Waals surface area contributed by atoms with Gasteiger partial charge in [-0.2, -0.15) is 0 Å². The Labute approximate surface area is 121 Å². The van der Waals surface area contributed by atoms with Crippen LogP contribution in [0.3, 0.4) is 0 Å². The van der Waals surface area contributed by atoms with E-state index in [2.05, 4.69) is 9.88 Å². The van der Waals surface area contributed by atoms with Crippen molar-refractivity contribution in [2.45, 2.75) is 19.6 Å². The number of nitrogens with one attached hydrogen (secondary N) is 1. The number of rotatable bonds is 5. The van der Waals surface area contributed by atoms with Crippen molar-refractivity contribution in [3.8, 4) is 0 Å². The zero-order chi connectivity index (χ0) is 15.6. The summed E-state index contributed by atoms with van der Waals surface area (Å²) >= 11 is 0. The number of aromatic carboxylic acids is 1. The van der Waals surface area contributed by atoms with E-state index in [4.69, 9.17) is 4.52 Å². The van der Waals surface area contributed by atoms with Crippen LogP contribution in [0.1, 0.15) is 27.4 Å². The molecule has 7 nitrogen and oxygen atoms in total. The normalized spacial score (nSPS) is 11.3. The number of aromatic nitrogens is 1. The molecule has 0 amide bonds. The second-order valence-corrected chi connectivity index (χ2v) is 6.31. The van der Waals surface area contributed by atoms with E-state index in [1.165, 1.54) is 12.1 Å². The molecule has 2 N–H and O–H groups in total. The summed E-state index contributed by atoms with van der Waals surface area (Å²) in [7, 11) is -3.78. The minimum absolute atomic E-state index is 0.0303. The average molecular weight is 310 g/mol. The predicted octanol–water partition coefficient (Wildman–Crippen LogP) is 1.93. The molecule has 112 valence electrons. The first-order valence-electron chi connectivity index (χ1n) is 6.04. The molecule has 1 aromatic heterocycles. The van der Waals surface area contributed by atoms with Gasteiger partial charge in [-0.1, -0.05) is 17.3 Å². The number of hydrogen-bond acceptors (Lipinski definition) is 5. The van der Waals surface area contributed by atoms with Gasteiger partial charge < -0.3 is 9.63 Å². The van der Waals surface area contributed by atoms with Gasteiger partial charge in [-0.15, -0.1) is 0 Å². The largest absolute Gasteiger partial charge is 0.478 e. The van der Waals surface area contributed by atoms with Gasteiger partial charge in [0.1, 0.15) is 17.2 Å². The van der Waals surface area contributed by atoms with Crippen molar-refractivity contribution in [1.29, 1.82) is 0 Å². The van der Waals surface area contributed by atoms with Crippen molar-refractivity contribution < 1.29 is 22.8 Å². The second kappa shape index (κ2) is 5.57. The molecule has 0 unspecified atom stereocenters. The number of carbonyl (C=O) groups is 1. The zero-order valence-corrected chi connectivity index (χ0v) is 12.3. The fourth-order valence-corrected chi connectivity index (χ4v) is 3.02. The summed E-state index contributed by atoms with van der Waals surface area (Å²) in [6.07, 6.45) is 0. The van der Waals surface area contributed by atoms with Crippen LogP contribution >= 0.6 is 0 Å². The molecule has 0 aliphatic rings. The SMILES string of the molecule is Cc1cc(CS(=O)(=O)Nc2cccc(C)c2C(=O)O)no1. The number of aryl methyl sites for hydroxylation is 2. The lowest BCUT2D eigenvalue weighted by Crippen LogP contribution is -2.18. The number of carboxylic acid groups (broad SMARTS) is 1. The number of sulfonamides is 1. The van der Waals surface area contributed by atoms with Crippen LogP contribution in [-0.2, 0) is 15.8 Å². The third-order valence-electron chi connectivity index (χ3n) is 2.77. The molecule has 0 aliphatic carbocycles. The lowest BCUT2D eigenvalue weighted by atomic mass is 10.1. The van der Waals surface area contributed by atoms with Gasteiger partial charge in [0.25, 0.3) is 0 Å². The maximum atomic E-state index is 12.1. The van der Waals surface area contributed by atoms with Gasteiger partial charge in [-0.3, -0.25) is 4.72 Å². The van der Waals surface area contributed by atoms with Gasteiger partial charge >= 0.3 is 5.97 Å². The van der Waals surface area contributed by atoms with E-state index in [-0.39, 0.29) is 16.9 Å². The van der Waals surface area contributed by atoms with Crippen molar-refractivity contribution in [3.63, 3.8) is 0 Å². The molecule has 0 radical (unpaired) electrons. The highest BCUT2D eigenvalue weighted by atomic mass is 32.2. The van der Waals surface area contributed by atoms with Crippen LogP contribution in [-0.4, -0.2) is 24.7 Å². The molecule has 0 bridgehead atoms. The number of benzene rings is 1. The van der Waals surface area contributed by atoms with Crippen LogP contribution in [0.2, 0.25) is 0 Å². The highest BCUT2D eigenvalue weighted by molar-refractivity contribution is 7.91. The van der Waals surface area contributed by atoms with E-state index < -0.39 is 21.7 Å². The lowest BCUT2D eigenvalue weighted by Gasteiger charge is -2.11. The number of carboxylic acids is 1. The smallest absolute Gasteiger partial charge is 0.338 e. The molecule has 0 fully saturated rings. The minimum atomic E-state index is -3.78. The Kier molecular flexibility index (Phi) is 3.99. The highest BCUT2D eigenvalue weighted by Crippen LogP contribution is 2.21. The minimum Gasteiger partial charge on any atom is -0.478 e. The first-order chi connectivity index (χ1) is 9.78. The Hall–Kier alpha value is -2.35. The van der Waals surface area contributed by atoms with E-state index >= 15 is 0 Å². The van der Waals surface area contributed by atoms with Crippen LogP contribution in [0, 0.1) is 13.8 Å². The van der Waals surface area contributed by atoms with E-state index in [0.29, 0.717) is 11.3 Å². The summed E-state index contributed by atoms with van der Waals surface area (Å²) in [6.45, 7) is 3.25. The van der Waals surface area contributed by atoms with E-state index in [0.717, 1.165) is 0 Å². The maximum absolute atomic E-state index is 12.1. The summed E-state index contributed by atoms with van der Waals surface area (Å²) in [6, 6.07) is 6.09. The van der Waals surface area contributed by atoms with Gasteiger partial charge in [0, 0.05) is 6.07 Å². The molecule has 0 saturated carbocycles. The average Bonchev–Trinajstić information content (AvgIpc) is 2.72. The first-order valence-corrected chi connectivity index (χ1v) is 7.69. The standard InChI is InChI=1S/C13H14N2O5S/c1-8-4-3-5-11(12(8)13(16)17)15-21(18,19)7-10-6-9(2)20-14-10/h3-6,15H,7H2,1-2H3,(H,16,17). The highest BCUT2D eigenvalue weighted by Gasteiger charge is 2.19. The first kappa shape index (κ1) is 15.0. The van der Waals surface area contributed by atoms with Gasteiger partial charge in [-0.05, 0) is 25.5 Å². The van der Waals surface area contributed by atoms with Crippen molar-refractivity contribution in [1.82, 2.24) is 5.16 Å². The van der Waals surface area contributed by atoms with Crippen LogP contribution in [0.15, 0.2) is 28.8 Å². The number of nitrogens with zero attached hydrogens (tertiary/aromatic N) is 1. The summed E-state index contributed by atoms with van der Waals surface area (Å²) < 4.78 is 31.2. The Morgan fingerprint density at radius 2 is 2.10 bits per heavy atom. The maximum Gasteiger partial charge on any atom is 0.338 e.